The number of hydrogen-bond donors (Lipinski definition) is 2. The molecule has 3 heteroatoms. The summed E-state index contributed by atoms with van der Waals surface area (Å²) in [6.07, 6.45) is 5.91. The van der Waals surface area contributed by atoms with E-state index in [2.05, 4.69) is 29.7 Å². The highest BCUT2D eigenvalue weighted by molar-refractivity contribution is 5.78. The van der Waals surface area contributed by atoms with Crippen LogP contribution in [0.25, 0.3) is 0 Å². The van der Waals surface area contributed by atoms with Crippen LogP contribution in [0.2, 0.25) is 0 Å². The van der Waals surface area contributed by atoms with Gasteiger partial charge in [-0.2, -0.15) is 0 Å². The fraction of sp³-hybridized carbons (Fsp3) is 0.562. The summed E-state index contributed by atoms with van der Waals surface area (Å²) < 4.78 is 0. The summed E-state index contributed by atoms with van der Waals surface area (Å²) in [5.74, 6) is 0.107. The van der Waals surface area contributed by atoms with E-state index in [-0.39, 0.29) is 11.9 Å². The monoisotopic (exact) mass is 260 g/mol. The van der Waals surface area contributed by atoms with E-state index in [0.29, 0.717) is 12.6 Å². The number of benzene rings is 1. The molecule has 0 aromatic heterocycles. The van der Waals surface area contributed by atoms with Gasteiger partial charge in [-0.25, -0.2) is 0 Å². The standard InChI is InChI=1S/C16H24N2O/c1-13(11-14-7-3-2-4-8-14)18-16(19)12-17-15-9-5-6-10-15/h2-4,7-8,13,15,17H,5-6,9-12H2,1H3,(H,18,19). The lowest BCUT2D eigenvalue weighted by Crippen LogP contribution is -2.42. The van der Waals surface area contributed by atoms with Gasteiger partial charge < -0.3 is 10.6 Å². The molecule has 19 heavy (non-hydrogen) atoms. The molecule has 1 amide bonds. The molecule has 1 saturated carbocycles. The van der Waals surface area contributed by atoms with E-state index in [0.717, 1.165) is 6.42 Å². The Hall–Kier alpha value is -1.35. The molecule has 1 unspecified atom stereocenters. The second kappa shape index (κ2) is 7.29. The van der Waals surface area contributed by atoms with Crippen LogP contribution >= 0.6 is 0 Å². The second-order valence-electron chi connectivity index (χ2n) is 5.52. The van der Waals surface area contributed by atoms with E-state index in [1.807, 2.05) is 18.2 Å². The number of amides is 1. The molecule has 1 aliphatic carbocycles. The molecule has 0 spiro atoms. The van der Waals surface area contributed by atoms with Gasteiger partial charge in [0.15, 0.2) is 0 Å². The van der Waals surface area contributed by atoms with Gasteiger partial charge in [-0.3, -0.25) is 4.79 Å². The molecule has 1 atom stereocenters. The summed E-state index contributed by atoms with van der Waals surface area (Å²) in [6.45, 7) is 2.50. The van der Waals surface area contributed by atoms with Crippen LogP contribution < -0.4 is 10.6 Å². The van der Waals surface area contributed by atoms with E-state index in [9.17, 15) is 4.79 Å². The Balaban J connectivity index is 1.66. The number of carbonyl (C=O) groups excluding carboxylic acids is 1. The molecule has 1 fully saturated rings. The summed E-state index contributed by atoms with van der Waals surface area (Å²) in [7, 11) is 0. The number of nitrogens with one attached hydrogen (secondary N) is 2. The van der Waals surface area contributed by atoms with Crippen LogP contribution in [0.1, 0.15) is 38.2 Å². The van der Waals surface area contributed by atoms with Gasteiger partial charge in [0.1, 0.15) is 0 Å². The number of carbonyl (C=O) groups is 1. The molecule has 0 bridgehead atoms. The molecule has 104 valence electrons. The SMILES string of the molecule is CC(Cc1ccccc1)NC(=O)CNC1CCCC1. The van der Waals surface area contributed by atoms with E-state index >= 15 is 0 Å². The molecule has 0 aliphatic heterocycles. The Bertz CT molecular complexity index is 385. The van der Waals surface area contributed by atoms with Crippen molar-refractivity contribution in [2.24, 2.45) is 0 Å². The minimum absolute atomic E-state index is 0.107. The Morgan fingerprint density at radius 3 is 2.63 bits per heavy atom. The molecule has 1 aromatic rings. The third-order valence-corrected chi connectivity index (χ3v) is 3.70. The molecule has 1 aliphatic rings. The highest BCUT2D eigenvalue weighted by Crippen LogP contribution is 2.17. The van der Waals surface area contributed by atoms with Crippen molar-refractivity contribution in [3.63, 3.8) is 0 Å². The summed E-state index contributed by atoms with van der Waals surface area (Å²) in [6, 6.07) is 11.0. The van der Waals surface area contributed by atoms with Crippen LogP contribution in [0.5, 0.6) is 0 Å². The molecule has 2 N–H and O–H groups in total. The lowest BCUT2D eigenvalue weighted by atomic mass is 10.1. The van der Waals surface area contributed by atoms with Crippen LogP contribution in [0, 0.1) is 0 Å². The number of rotatable bonds is 6. The average molecular weight is 260 g/mol. The summed E-state index contributed by atoms with van der Waals surface area (Å²) >= 11 is 0. The van der Waals surface area contributed by atoms with Gasteiger partial charge in [0.25, 0.3) is 0 Å². The average Bonchev–Trinajstić information content (AvgIpc) is 2.90. The van der Waals surface area contributed by atoms with Crippen LogP contribution in [0.15, 0.2) is 30.3 Å². The van der Waals surface area contributed by atoms with Crippen molar-refractivity contribution < 1.29 is 4.79 Å². The Kier molecular flexibility index (Phi) is 5.40. The van der Waals surface area contributed by atoms with Crippen molar-refractivity contribution in [2.75, 3.05) is 6.54 Å². The molecule has 2 rings (SSSR count). The van der Waals surface area contributed by atoms with Crippen molar-refractivity contribution in [1.82, 2.24) is 10.6 Å². The third-order valence-electron chi connectivity index (χ3n) is 3.70. The van der Waals surface area contributed by atoms with Crippen molar-refractivity contribution in [2.45, 2.75) is 51.1 Å². The minimum atomic E-state index is 0.107. The maximum atomic E-state index is 11.8. The summed E-state index contributed by atoms with van der Waals surface area (Å²) in [5.41, 5.74) is 1.26. The van der Waals surface area contributed by atoms with Crippen LogP contribution in [0.3, 0.4) is 0 Å². The molecular weight excluding hydrogens is 236 g/mol. The summed E-state index contributed by atoms with van der Waals surface area (Å²) in [5, 5.41) is 6.39. The highest BCUT2D eigenvalue weighted by atomic mass is 16.1. The van der Waals surface area contributed by atoms with Gasteiger partial charge >= 0.3 is 0 Å². The zero-order valence-electron chi connectivity index (χ0n) is 11.7. The minimum Gasteiger partial charge on any atom is -0.352 e. The van der Waals surface area contributed by atoms with Crippen molar-refractivity contribution in [1.29, 1.82) is 0 Å². The van der Waals surface area contributed by atoms with E-state index in [1.165, 1.54) is 31.2 Å². The van der Waals surface area contributed by atoms with Gasteiger partial charge in [0, 0.05) is 12.1 Å². The van der Waals surface area contributed by atoms with Gasteiger partial charge in [-0.15, -0.1) is 0 Å². The lowest BCUT2D eigenvalue weighted by molar-refractivity contribution is -0.120. The fourth-order valence-electron chi connectivity index (χ4n) is 2.71. The number of hydrogen-bond acceptors (Lipinski definition) is 2. The predicted molar refractivity (Wildman–Crippen MR) is 78.0 cm³/mol. The topological polar surface area (TPSA) is 41.1 Å². The first kappa shape index (κ1) is 14.1. The smallest absolute Gasteiger partial charge is 0.234 e. The van der Waals surface area contributed by atoms with Crippen molar-refractivity contribution in [3.05, 3.63) is 35.9 Å². The maximum Gasteiger partial charge on any atom is 0.234 e. The molecule has 3 nitrogen and oxygen atoms in total. The highest BCUT2D eigenvalue weighted by Gasteiger charge is 2.15. The van der Waals surface area contributed by atoms with Crippen LogP contribution in [0.4, 0.5) is 0 Å². The van der Waals surface area contributed by atoms with E-state index in [4.69, 9.17) is 0 Å². The van der Waals surface area contributed by atoms with Crippen LogP contribution in [-0.4, -0.2) is 24.5 Å². The quantitative estimate of drug-likeness (QED) is 0.824. The van der Waals surface area contributed by atoms with E-state index in [1.54, 1.807) is 0 Å². The van der Waals surface area contributed by atoms with Crippen molar-refractivity contribution in [3.8, 4) is 0 Å². The maximum absolute atomic E-state index is 11.8. The molecular formula is C16H24N2O. The Morgan fingerprint density at radius 2 is 1.95 bits per heavy atom. The van der Waals surface area contributed by atoms with Crippen molar-refractivity contribution >= 4 is 5.91 Å². The molecule has 0 saturated heterocycles. The first-order valence-electron chi connectivity index (χ1n) is 7.30. The van der Waals surface area contributed by atoms with Gasteiger partial charge in [-0.05, 0) is 31.7 Å². The van der Waals surface area contributed by atoms with Gasteiger partial charge in [0.05, 0.1) is 6.54 Å². The summed E-state index contributed by atoms with van der Waals surface area (Å²) in [4.78, 5) is 11.8. The predicted octanol–water partition coefficient (Wildman–Crippen LogP) is 2.27. The van der Waals surface area contributed by atoms with Crippen LogP contribution in [-0.2, 0) is 11.2 Å². The lowest BCUT2D eigenvalue weighted by Gasteiger charge is -2.16. The Morgan fingerprint density at radius 1 is 1.26 bits per heavy atom. The zero-order chi connectivity index (χ0) is 13.5. The molecule has 0 radical (unpaired) electrons. The second-order valence-corrected chi connectivity index (χ2v) is 5.52. The molecule has 1 aromatic carbocycles. The first-order valence-corrected chi connectivity index (χ1v) is 7.30. The van der Waals surface area contributed by atoms with E-state index < -0.39 is 0 Å². The molecule has 0 heterocycles. The first-order chi connectivity index (χ1) is 9.24. The Labute approximate surface area is 115 Å². The van der Waals surface area contributed by atoms with Gasteiger partial charge in [0.2, 0.25) is 5.91 Å². The third kappa shape index (κ3) is 5.03. The zero-order valence-corrected chi connectivity index (χ0v) is 11.7. The fourth-order valence-corrected chi connectivity index (χ4v) is 2.71. The normalized spacial score (nSPS) is 17.3. The van der Waals surface area contributed by atoms with Gasteiger partial charge in [-0.1, -0.05) is 43.2 Å². The largest absolute Gasteiger partial charge is 0.352 e.